The minimum Gasteiger partial charge on any atom is -0.339 e. The highest BCUT2D eigenvalue weighted by Crippen LogP contribution is 2.00. The van der Waals surface area contributed by atoms with Crippen LogP contribution >= 0.6 is 0 Å². The number of nitrogens with two attached hydrogens (primary N) is 1. The van der Waals surface area contributed by atoms with Gasteiger partial charge in [-0.25, -0.2) is 4.68 Å². The maximum atomic E-state index is 10.4. The highest BCUT2D eigenvalue weighted by molar-refractivity contribution is 4.96. The fourth-order valence-corrected chi connectivity index (χ4v) is 1.97. The molecule has 0 radical (unpaired) electrons. The van der Waals surface area contributed by atoms with Crippen LogP contribution in [0.15, 0.2) is 25.3 Å². The molecule has 4 N–H and O–H groups in total. The van der Waals surface area contributed by atoms with E-state index < -0.39 is 10.1 Å². The van der Waals surface area contributed by atoms with E-state index in [-0.39, 0.29) is 13.1 Å². The monoisotopic (exact) mass is 368 g/mol. The molecular weight excluding hydrogens is 356 g/mol. The third-order valence-electron chi connectivity index (χ3n) is 3.00. The van der Waals surface area contributed by atoms with E-state index in [0.717, 1.165) is 9.35 Å². The summed E-state index contributed by atoms with van der Waals surface area (Å²) in [4.78, 5) is 20.7. The average Bonchev–Trinajstić information content (AvgIpc) is 3.25. The van der Waals surface area contributed by atoms with E-state index in [9.17, 15) is 20.2 Å². The lowest BCUT2D eigenvalue weighted by molar-refractivity contribution is -0.775. The van der Waals surface area contributed by atoms with E-state index in [2.05, 4.69) is 20.4 Å². The Bertz CT molecular complexity index is 867. The van der Waals surface area contributed by atoms with Crippen molar-refractivity contribution in [2.24, 2.45) is 0 Å². The lowest BCUT2D eigenvalue weighted by Crippen LogP contribution is -2.46. The molecule has 0 bridgehead atoms. The maximum absolute atomic E-state index is 10.4. The summed E-state index contributed by atoms with van der Waals surface area (Å²) in [5.41, 5.74) is 3.79. The molecule has 26 heavy (non-hydrogen) atoms. The van der Waals surface area contributed by atoms with Gasteiger partial charge in [-0.2, -0.15) is 0 Å². The first kappa shape index (κ1) is 16.5. The summed E-state index contributed by atoms with van der Waals surface area (Å²) in [6.07, 6.45) is 5.06. The number of nitrogens with zero attached hydrogens (tertiary/aromatic N) is 11. The van der Waals surface area contributed by atoms with E-state index >= 15 is 0 Å². The molecule has 0 aromatic carbocycles. The van der Waals surface area contributed by atoms with Crippen molar-refractivity contribution in [2.75, 3.05) is 16.9 Å². The van der Waals surface area contributed by atoms with Crippen LogP contribution in [0.1, 0.15) is 11.6 Å². The molecule has 0 fully saturated rings. The largest absolute Gasteiger partial charge is 0.364 e. The summed E-state index contributed by atoms with van der Waals surface area (Å²) in [7, 11) is 0. The van der Waals surface area contributed by atoms with Crippen LogP contribution in [-0.4, -0.2) is 44.5 Å². The molecule has 0 spiro atoms. The van der Waals surface area contributed by atoms with E-state index in [0.29, 0.717) is 11.6 Å². The van der Waals surface area contributed by atoms with Crippen molar-refractivity contribution in [2.45, 2.75) is 13.1 Å². The Labute approximate surface area is 142 Å². The Kier molecular flexibility index (Phi) is 4.20. The molecule has 0 aliphatic carbocycles. The number of hydrazine groups is 2. The van der Waals surface area contributed by atoms with Crippen molar-refractivity contribution in [3.8, 4) is 0 Å². The Morgan fingerprint density at radius 3 is 1.77 bits per heavy atom. The summed E-state index contributed by atoms with van der Waals surface area (Å²) in [5, 5.41) is 34.9. The molecule has 0 aliphatic rings. The molecular formula is C8H12N14O4+2. The van der Waals surface area contributed by atoms with Gasteiger partial charge in [0, 0.05) is 10.1 Å². The number of nitrogen functional groups attached to an aromatic ring is 1. The van der Waals surface area contributed by atoms with Crippen LogP contribution in [0, 0.1) is 20.2 Å². The number of nitrogens with one attached hydrogen (secondary N) is 2. The lowest BCUT2D eigenvalue weighted by Gasteiger charge is -1.97. The van der Waals surface area contributed by atoms with Crippen molar-refractivity contribution >= 4 is 0 Å². The normalized spacial score (nSPS) is 10.6. The molecule has 0 amide bonds. The van der Waals surface area contributed by atoms with Crippen molar-refractivity contribution in [1.82, 2.24) is 34.4 Å². The third kappa shape index (κ3) is 3.74. The van der Waals surface area contributed by atoms with Gasteiger partial charge in [-0.05, 0) is 20.4 Å². The second-order valence-electron chi connectivity index (χ2n) is 4.82. The van der Waals surface area contributed by atoms with Crippen LogP contribution in [0.2, 0.25) is 0 Å². The number of hydrogen-bond donors (Lipinski definition) is 3. The first-order valence-corrected chi connectivity index (χ1v) is 6.78. The Morgan fingerprint density at radius 1 is 0.962 bits per heavy atom. The second kappa shape index (κ2) is 6.62. The summed E-state index contributed by atoms with van der Waals surface area (Å²) < 4.78 is 6.01. The highest BCUT2D eigenvalue weighted by atomic mass is 16.7. The van der Waals surface area contributed by atoms with Crippen LogP contribution < -0.4 is 26.3 Å². The molecule has 3 aromatic heterocycles. The number of aromatic nitrogens is 9. The highest BCUT2D eigenvalue weighted by Gasteiger charge is 2.21. The molecule has 136 valence electrons. The van der Waals surface area contributed by atoms with Crippen LogP contribution in [0.5, 0.6) is 0 Å². The second-order valence-corrected chi connectivity index (χ2v) is 4.82. The van der Waals surface area contributed by atoms with E-state index in [1.54, 1.807) is 0 Å². The van der Waals surface area contributed by atoms with Gasteiger partial charge in [0.15, 0.2) is 24.7 Å². The Balaban J connectivity index is 1.67. The fourth-order valence-electron chi connectivity index (χ4n) is 1.97. The summed E-state index contributed by atoms with van der Waals surface area (Å²) in [6.45, 7) is 0.218. The summed E-state index contributed by atoms with van der Waals surface area (Å²) >= 11 is 0. The van der Waals surface area contributed by atoms with Gasteiger partial charge in [-0.15, -0.1) is 10.2 Å². The summed E-state index contributed by atoms with van der Waals surface area (Å²) in [5.74, 6) is 6.59. The van der Waals surface area contributed by atoms with Crippen molar-refractivity contribution in [1.29, 1.82) is 0 Å². The van der Waals surface area contributed by atoms with Gasteiger partial charge in [0.1, 0.15) is 10.2 Å². The Morgan fingerprint density at radius 2 is 1.38 bits per heavy atom. The quantitative estimate of drug-likeness (QED) is 0.149. The van der Waals surface area contributed by atoms with Gasteiger partial charge in [-0.3, -0.25) is 0 Å². The van der Waals surface area contributed by atoms with Crippen molar-refractivity contribution in [3.05, 3.63) is 57.2 Å². The molecule has 0 atom stereocenters. The topological polar surface area (TPSA) is 210 Å². The zero-order valence-corrected chi connectivity index (χ0v) is 12.9. The van der Waals surface area contributed by atoms with E-state index in [4.69, 9.17) is 5.84 Å². The molecule has 0 aliphatic heterocycles. The van der Waals surface area contributed by atoms with Crippen molar-refractivity contribution in [3.63, 3.8) is 0 Å². The molecule has 3 rings (SSSR count). The van der Waals surface area contributed by atoms with Gasteiger partial charge in [0.05, 0.1) is 0 Å². The maximum Gasteiger partial charge on any atom is 0.364 e. The first-order chi connectivity index (χ1) is 12.4. The van der Waals surface area contributed by atoms with E-state index in [1.165, 1.54) is 39.3 Å². The van der Waals surface area contributed by atoms with Gasteiger partial charge >= 0.3 is 25.3 Å². The predicted octanol–water partition coefficient (Wildman–Crippen LogP) is -4.47. The van der Waals surface area contributed by atoms with Gasteiger partial charge in [0.25, 0.3) is 0 Å². The number of nitro groups is 2. The van der Waals surface area contributed by atoms with Crippen molar-refractivity contribution < 1.29 is 19.4 Å². The summed E-state index contributed by atoms with van der Waals surface area (Å²) in [6, 6.07) is 0. The van der Waals surface area contributed by atoms with Gasteiger partial charge in [0.2, 0.25) is 0 Å². The standard InChI is InChI=1S/C8H12N14O4/c9-20-7(1-16-5-18(3-10-16)14-21(23)24)12-13-8(20)2-17-6-19(4-11-17)15-22(25)26/h3-6,14-15H,1-2,9H2/q+2. The lowest BCUT2D eigenvalue weighted by atomic mass is 10.5. The predicted molar refractivity (Wildman–Crippen MR) is 75.9 cm³/mol. The molecule has 0 saturated heterocycles. The fraction of sp³-hybridized carbons (Fsp3) is 0.250. The first-order valence-electron chi connectivity index (χ1n) is 6.78. The van der Waals surface area contributed by atoms with Crippen LogP contribution in [-0.2, 0) is 13.1 Å². The smallest absolute Gasteiger partial charge is 0.339 e. The van der Waals surface area contributed by atoms with Crippen LogP contribution in [0.3, 0.4) is 0 Å². The van der Waals surface area contributed by atoms with Crippen LogP contribution in [0.25, 0.3) is 0 Å². The van der Waals surface area contributed by atoms with Gasteiger partial charge in [-0.1, -0.05) is 9.35 Å². The van der Waals surface area contributed by atoms with E-state index in [1.807, 2.05) is 11.1 Å². The SMILES string of the molecule is Nn1c(Cn2c[n+](N[N+](=O)[O-])cn2)nnc1Cn1c[n+](N[N+](=O)[O-])cn1. The molecule has 3 heterocycles. The number of rotatable bonds is 8. The molecule has 0 unspecified atom stereocenters. The Hall–Kier alpha value is -4.38. The minimum atomic E-state index is -0.736. The molecule has 18 heteroatoms. The molecule has 18 nitrogen and oxygen atoms in total. The zero-order valence-electron chi connectivity index (χ0n) is 12.9. The molecule has 3 aromatic rings. The average molecular weight is 368 g/mol. The minimum absolute atomic E-state index is 0.109. The van der Waals surface area contributed by atoms with Crippen LogP contribution in [0.4, 0.5) is 0 Å². The third-order valence-corrected chi connectivity index (χ3v) is 3.00. The zero-order chi connectivity index (χ0) is 18.7. The van der Waals surface area contributed by atoms with Gasteiger partial charge < -0.3 is 26.1 Å². The molecule has 0 saturated carbocycles. The number of hydrogen-bond acceptors (Lipinski definition) is 9.